The van der Waals surface area contributed by atoms with E-state index in [-0.39, 0.29) is 0 Å². The molecule has 0 aromatic heterocycles. The molecule has 2 atom stereocenters. The molecule has 4 nitrogen and oxygen atoms in total. The van der Waals surface area contributed by atoms with Crippen molar-refractivity contribution in [1.29, 1.82) is 0 Å². The van der Waals surface area contributed by atoms with Crippen LogP contribution in [0.3, 0.4) is 0 Å². The van der Waals surface area contributed by atoms with Gasteiger partial charge < -0.3 is 10.2 Å². The second-order valence-corrected chi connectivity index (χ2v) is 7.81. The molecule has 124 valence electrons. The summed E-state index contributed by atoms with van der Waals surface area (Å²) in [6.07, 6.45) is 2.72. The summed E-state index contributed by atoms with van der Waals surface area (Å²) in [6.45, 7) is 15.6. The standard InChI is InChI=1S/C17H36N4/c1-6-18-16-15(7-8-17(16,2)3)21-13-11-20(12-14-21)10-9-19(4)5/h15-16,18H,6-14H2,1-5H3. The van der Waals surface area contributed by atoms with Crippen LogP contribution in [-0.2, 0) is 0 Å². The Hall–Kier alpha value is -0.160. The Morgan fingerprint density at radius 2 is 1.81 bits per heavy atom. The first kappa shape index (κ1) is 17.2. The molecule has 21 heavy (non-hydrogen) atoms. The Kier molecular flexibility index (Phi) is 6.06. The van der Waals surface area contributed by atoms with Gasteiger partial charge in [0.05, 0.1) is 0 Å². The summed E-state index contributed by atoms with van der Waals surface area (Å²) in [5.41, 5.74) is 0.447. The Labute approximate surface area is 131 Å². The van der Waals surface area contributed by atoms with Gasteiger partial charge in [0.2, 0.25) is 0 Å². The van der Waals surface area contributed by atoms with E-state index in [4.69, 9.17) is 0 Å². The summed E-state index contributed by atoms with van der Waals surface area (Å²) in [5.74, 6) is 0. The molecule has 2 aliphatic rings. The van der Waals surface area contributed by atoms with Gasteiger partial charge in [0.15, 0.2) is 0 Å². The molecule has 0 amide bonds. The lowest BCUT2D eigenvalue weighted by atomic mass is 9.86. The summed E-state index contributed by atoms with van der Waals surface area (Å²) in [6, 6.07) is 1.41. The second kappa shape index (κ2) is 7.40. The monoisotopic (exact) mass is 296 g/mol. The van der Waals surface area contributed by atoms with Crippen molar-refractivity contribution in [2.75, 3.05) is 59.9 Å². The fourth-order valence-corrected chi connectivity index (χ4v) is 4.05. The molecule has 2 unspecified atom stereocenters. The Morgan fingerprint density at radius 1 is 1.14 bits per heavy atom. The molecule has 1 aliphatic heterocycles. The quantitative estimate of drug-likeness (QED) is 0.798. The summed E-state index contributed by atoms with van der Waals surface area (Å²) >= 11 is 0. The minimum Gasteiger partial charge on any atom is -0.312 e. The van der Waals surface area contributed by atoms with Gasteiger partial charge in [0.25, 0.3) is 0 Å². The number of nitrogens with zero attached hydrogens (tertiary/aromatic N) is 3. The fraction of sp³-hybridized carbons (Fsp3) is 1.00. The van der Waals surface area contributed by atoms with E-state index >= 15 is 0 Å². The van der Waals surface area contributed by atoms with Crippen molar-refractivity contribution in [2.45, 2.75) is 45.7 Å². The SMILES string of the molecule is CCNC1C(N2CCN(CCN(C)C)CC2)CCC1(C)C. The molecular formula is C17H36N4. The molecule has 0 aromatic rings. The van der Waals surface area contributed by atoms with Crippen LogP contribution < -0.4 is 5.32 Å². The summed E-state index contributed by atoms with van der Waals surface area (Å²) in [5, 5.41) is 3.77. The van der Waals surface area contributed by atoms with Crippen LogP contribution in [0.4, 0.5) is 0 Å². The van der Waals surface area contributed by atoms with Crippen LogP contribution >= 0.6 is 0 Å². The highest BCUT2D eigenvalue weighted by atomic mass is 15.3. The minimum atomic E-state index is 0.447. The highest BCUT2D eigenvalue weighted by Gasteiger charge is 2.44. The number of piperazine rings is 1. The third-order valence-corrected chi connectivity index (χ3v) is 5.47. The van der Waals surface area contributed by atoms with E-state index in [1.807, 2.05) is 0 Å². The zero-order chi connectivity index (χ0) is 15.5. The smallest absolute Gasteiger partial charge is 0.0274 e. The predicted molar refractivity (Wildman–Crippen MR) is 90.8 cm³/mol. The molecule has 1 aliphatic carbocycles. The van der Waals surface area contributed by atoms with Gasteiger partial charge in [0, 0.05) is 51.4 Å². The average Bonchev–Trinajstić information content (AvgIpc) is 2.73. The zero-order valence-electron chi connectivity index (χ0n) is 14.9. The first-order valence-electron chi connectivity index (χ1n) is 8.78. The lowest BCUT2D eigenvalue weighted by Crippen LogP contribution is -2.57. The summed E-state index contributed by atoms with van der Waals surface area (Å²) in [4.78, 5) is 7.67. The van der Waals surface area contributed by atoms with Crippen LogP contribution in [0.15, 0.2) is 0 Å². The molecule has 0 bridgehead atoms. The van der Waals surface area contributed by atoms with Crippen molar-refractivity contribution in [3.05, 3.63) is 0 Å². The van der Waals surface area contributed by atoms with Gasteiger partial charge in [-0.1, -0.05) is 20.8 Å². The molecule has 0 radical (unpaired) electrons. The number of rotatable bonds is 6. The topological polar surface area (TPSA) is 21.8 Å². The maximum atomic E-state index is 3.77. The van der Waals surface area contributed by atoms with Gasteiger partial charge in [-0.25, -0.2) is 0 Å². The van der Waals surface area contributed by atoms with Crippen molar-refractivity contribution in [1.82, 2.24) is 20.0 Å². The lowest BCUT2D eigenvalue weighted by molar-refractivity contribution is 0.0737. The third kappa shape index (κ3) is 4.41. The van der Waals surface area contributed by atoms with Crippen LogP contribution in [-0.4, -0.2) is 86.7 Å². The highest BCUT2D eigenvalue weighted by molar-refractivity contribution is 5.01. The molecule has 2 rings (SSSR count). The van der Waals surface area contributed by atoms with Crippen molar-refractivity contribution in [3.8, 4) is 0 Å². The van der Waals surface area contributed by atoms with Gasteiger partial charge in [0.1, 0.15) is 0 Å². The Bertz CT molecular complexity index is 308. The molecule has 1 heterocycles. The first-order valence-corrected chi connectivity index (χ1v) is 8.78. The van der Waals surface area contributed by atoms with E-state index in [0.717, 1.165) is 12.6 Å². The number of hydrogen-bond donors (Lipinski definition) is 1. The largest absolute Gasteiger partial charge is 0.312 e. The van der Waals surface area contributed by atoms with Gasteiger partial charge in [-0.05, 0) is 38.9 Å². The molecule has 0 aromatic carbocycles. The Morgan fingerprint density at radius 3 is 2.38 bits per heavy atom. The normalized spacial score (nSPS) is 31.1. The molecule has 1 saturated heterocycles. The van der Waals surface area contributed by atoms with Crippen LogP contribution in [0.25, 0.3) is 0 Å². The molecule has 0 spiro atoms. The van der Waals surface area contributed by atoms with E-state index in [1.54, 1.807) is 0 Å². The maximum Gasteiger partial charge on any atom is 0.0274 e. The zero-order valence-corrected chi connectivity index (χ0v) is 14.9. The Balaban J connectivity index is 1.84. The van der Waals surface area contributed by atoms with E-state index in [0.29, 0.717) is 11.5 Å². The number of nitrogens with one attached hydrogen (secondary N) is 1. The van der Waals surface area contributed by atoms with E-state index in [1.165, 1.54) is 52.1 Å². The van der Waals surface area contributed by atoms with Crippen LogP contribution in [0.5, 0.6) is 0 Å². The molecule has 4 heteroatoms. The van der Waals surface area contributed by atoms with E-state index < -0.39 is 0 Å². The van der Waals surface area contributed by atoms with Gasteiger partial charge in [-0.3, -0.25) is 9.80 Å². The summed E-state index contributed by atoms with van der Waals surface area (Å²) in [7, 11) is 4.33. The second-order valence-electron chi connectivity index (χ2n) is 7.81. The third-order valence-electron chi connectivity index (χ3n) is 5.47. The van der Waals surface area contributed by atoms with Crippen molar-refractivity contribution < 1.29 is 0 Å². The molecule has 2 fully saturated rings. The predicted octanol–water partition coefficient (Wildman–Crippen LogP) is 1.33. The minimum absolute atomic E-state index is 0.447. The molecule has 1 N–H and O–H groups in total. The maximum absolute atomic E-state index is 3.77. The highest BCUT2D eigenvalue weighted by Crippen LogP contribution is 2.40. The van der Waals surface area contributed by atoms with Gasteiger partial charge >= 0.3 is 0 Å². The fourth-order valence-electron chi connectivity index (χ4n) is 4.05. The molecular weight excluding hydrogens is 260 g/mol. The van der Waals surface area contributed by atoms with E-state index in [2.05, 4.69) is 54.9 Å². The number of hydrogen-bond acceptors (Lipinski definition) is 4. The van der Waals surface area contributed by atoms with Gasteiger partial charge in [-0.2, -0.15) is 0 Å². The summed E-state index contributed by atoms with van der Waals surface area (Å²) < 4.78 is 0. The van der Waals surface area contributed by atoms with Crippen LogP contribution in [0.2, 0.25) is 0 Å². The average molecular weight is 297 g/mol. The van der Waals surface area contributed by atoms with Crippen molar-refractivity contribution in [3.63, 3.8) is 0 Å². The first-order chi connectivity index (χ1) is 9.94. The van der Waals surface area contributed by atoms with Crippen molar-refractivity contribution >= 4 is 0 Å². The van der Waals surface area contributed by atoms with Crippen LogP contribution in [0, 0.1) is 5.41 Å². The van der Waals surface area contributed by atoms with Crippen molar-refractivity contribution in [2.24, 2.45) is 5.41 Å². The number of likely N-dealkylation sites (N-methyl/N-ethyl adjacent to an activating group) is 2. The molecule has 1 saturated carbocycles. The van der Waals surface area contributed by atoms with E-state index in [9.17, 15) is 0 Å². The van der Waals surface area contributed by atoms with Crippen LogP contribution in [0.1, 0.15) is 33.6 Å². The lowest BCUT2D eigenvalue weighted by Gasteiger charge is -2.42. The van der Waals surface area contributed by atoms with Gasteiger partial charge in [-0.15, -0.1) is 0 Å².